The first-order chi connectivity index (χ1) is 8.02. The van der Waals surface area contributed by atoms with E-state index in [1.54, 1.807) is 19.3 Å². The molecule has 0 aliphatic rings. The first-order valence-electron chi connectivity index (χ1n) is 4.79. The van der Waals surface area contributed by atoms with Crippen LogP contribution in [0.3, 0.4) is 0 Å². The van der Waals surface area contributed by atoms with Crippen molar-refractivity contribution in [1.82, 2.24) is 9.97 Å². The lowest BCUT2D eigenvalue weighted by molar-refractivity contribution is -0.142. The van der Waals surface area contributed by atoms with Crippen molar-refractivity contribution in [2.24, 2.45) is 0 Å². The number of aromatic nitrogens is 2. The number of rotatable bonds is 3. The third-order valence-electron chi connectivity index (χ3n) is 1.62. The standard InChI is InChI=1S/C6H9BrO3.C4H5N3/c1-3-4(8)5(7)6(9)10-2;5-4-3-6-1-2-7-4/h5H,3H2,1-2H3;1-3H,(H2,5,7). The highest BCUT2D eigenvalue weighted by Crippen LogP contribution is 2.04. The topological polar surface area (TPSA) is 95.2 Å². The third kappa shape index (κ3) is 6.62. The van der Waals surface area contributed by atoms with Gasteiger partial charge in [-0.15, -0.1) is 0 Å². The quantitative estimate of drug-likeness (QED) is 0.508. The number of anilines is 1. The minimum Gasteiger partial charge on any atom is -0.468 e. The maximum Gasteiger partial charge on any atom is 0.327 e. The SMILES string of the molecule is CCC(=O)C(Br)C(=O)OC.Nc1cnccn1. The lowest BCUT2D eigenvalue weighted by atomic mass is 10.2. The van der Waals surface area contributed by atoms with Gasteiger partial charge in [-0.2, -0.15) is 0 Å². The van der Waals surface area contributed by atoms with Gasteiger partial charge in [0, 0.05) is 18.8 Å². The molecule has 0 saturated carbocycles. The van der Waals surface area contributed by atoms with Crippen LogP contribution in [-0.2, 0) is 14.3 Å². The van der Waals surface area contributed by atoms with E-state index in [4.69, 9.17) is 5.73 Å². The van der Waals surface area contributed by atoms with E-state index in [0.717, 1.165) is 0 Å². The molecule has 0 radical (unpaired) electrons. The molecule has 0 bridgehead atoms. The minimum atomic E-state index is -0.789. The summed E-state index contributed by atoms with van der Waals surface area (Å²) in [5, 5.41) is 0. The highest BCUT2D eigenvalue weighted by molar-refractivity contribution is 9.10. The fraction of sp³-hybridized carbons (Fsp3) is 0.400. The Morgan fingerprint density at radius 3 is 2.47 bits per heavy atom. The zero-order valence-electron chi connectivity index (χ0n) is 9.59. The van der Waals surface area contributed by atoms with Crippen molar-refractivity contribution in [3.63, 3.8) is 0 Å². The summed E-state index contributed by atoms with van der Waals surface area (Å²) in [6, 6.07) is 0. The molecular formula is C10H14BrN3O3. The van der Waals surface area contributed by atoms with E-state index in [-0.39, 0.29) is 5.78 Å². The average Bonchev–Trinajstić information content (AvgIpc) is 2.37. The molecule has 2 N–H and O–H groups in total. The van der Waals surface area contributed by atoms with Crippen LogP contribution in [0.2, 0.25) is 0 Å². The number of hydrogen-bond donors (Lipinski definition) is 1. The summed E-state index contributed by atoms with van der Waals surface area (Å²) in [5.74, 6) is -0.235. The number of ketones is 1. The fourth-order valence-corrected chi connectivity index (χ4v) is 1.24. The summed E-state index contributed by atoms with van der Waals surface area (Å²) in [5.41, 5.74) is 5.18. The first kappa shape index (κ1) is 15.5. The molecule has 0 aliphatic carbocycles. The van der Waals surface area contributed by atoms with Crippen LogP contribution in [0.4, 0.5) is 5.82 Å². The minimum absolute atomic E-state index is 0.160. The van der Waals surface area contributed by atoms with Crippen LogP contribution in [0.1, 0.15) is 13.3 Å². The van der Waals surface area contributed by atoms with Gasteiger partial charge in [0.1, 0.15) is 5.82 Å². The molecule has 1 unspecified atom stereocenters. The number of methoxy groups -OCH3 is 1. The van der Waals surface area contributed by atoms with E-state index < -0.39 is 10.8 Å². The summed E-state index contributed by atoms with van der Waals surface area (Å²) >= 11 is 2.90. The number of hydrogen-bond acceptors (Lipinski definition) is 6. The zero-order chi connectivity index (χ0) is 13.3. The van der Waals surface area contributed by atoms with E-state index >= 15 is 0 Å². The summed E-state index contributed by atoms with van der Waals surface area (Å²) in [6.07, 6.45) is 4.97. The number of nitrogens with two attached hydrogens (primary N) is 1. The second-order valence-corrected chi connectivity index (χ2v) is 3.75. The van der Waals surface area contributed by atoms with Gasteiger partial charge in [0.25, 0.3) is 0 Å². The lowest BCUT2D eigenvalue weighted by Gasteiger charge is -2.02. The van der Waals surface area contributed by atoms with Crippen molar-refractivity contribution >= 4 is 33.5 Å². The van der Waals surface area contributed by atoms with Crippen LogP contribution >= 0.6 is 15.9 Å². The van der Waals surface area contributed by atoms with Crippen molar-refractivity contribution in [3.05, 3.63) is 18.6 Å². The summed E-state index contributed by atoms with van der Waals surface area (Å²) in [4.78, 5) is 28.0. The Kier molecular flexibility index (Phi) is 7.87. The van der Waals surface area contributed by atoms with Gasteiger partial charge in [-0.1, -0.05) is 22.9 Å². The number of carbonyl (C=O) groups excluding carboxylic acids is 2. The molecule has 6 nitrogen and oxygen atoms in total. The highest BCUT2D eigenvalue weighted by Gasteiger charge is 2.21. The van der Waals surface area contributed by atoms with Gasteiger partial charge in [-0.05, 0) is 0 Å². The number of halogens is 1. The molecule has 0 amide bonds. The molecule has 94 valence electrons. The Labute approximate surface area is 108 Å². The summed E-state index contributed by atoms with van der Waals surface area (Å²) in [6.45, 7) is 1.69. The number of alkyl halides is 1. The van der Waals surface area contributed by atoms with Gasteiger partial charge in [-0.3, -0.25) is 14.6 Å². The van der Waals surface area contributed by atoms with Crippen LogP contribution in [0.25, 0.3) is 0 Å². The fourth-order valence-electron chi connectivity index (χ4n) is 0.725. The zero-order valence-corrected chi connectivity index (χ0v) is 11.2. The van der Waals surface area contributed by atoms with Gasteiger partial charge in [0.2, 0.25) is 0 Å². The Bertz CT molecular complexity index is 343. The van der Waals surface area contributed by atoms with Crippen LogP contribution in [0.15, 0.2) is 18.6 Å². The van der Waals surface area contributed by atoms with Crippen molar-refractivity contribution in [2.45, 2.75) is 18.2 Å². The van der Waals surface area contributed by atoms with Gasteiger partial charge in [-0.25, -0.2) is 4.98 Å². The van der Waals surface area contributed by atoms with E-state index in [1.807, 2.05) is 0 Å². The number of Topliss-reactive ketones (excluding diaryl/α,β-unsaturated/α-hetero) is 1. The Morgan fingerprint density at radius 2 is 2.18 bits per heavy atom. The Morgan fingerprint density at radius 1 is 1.53 bits per heavy atom. The number of ether oxygens (including phenoxy) is 1. The van der Waals surface area contributed by atoms with Gasteiger partial charge in [0.05, 0.1) is 13.3 Å². The predicted molar refractivity (Wildman–Crippen MR) is 66.5 cm³/mol. The Hall–Kier alpha value is -1.50. The number of nitrogen functional groups attached to an aromatic ring is 1. The third-order valence-corrected chi connectivity index (χ3v) is 2.51. The van der Waals surface area contributed by atoms with Crippen molar-refractivity contribution in [1.29, 1.82) is 0 Å². The lowest BCUT2D eigenvalue weighted by Crippen LogP contribution is -2.24. The van der Waals surface area contributed by atoms with Gasteiger partial charge >= 0.3 is 5.97 Å². The average molecular weight is 304 g/mol. The van der Waals surface area contributed by atoms with E-state index in [9.17, 15) is 9.59 Å². The molecule has 1 atom stereocenters. The molecule has 0 aliphatic heterocycles. The van der Waals surface area contributed by atoms with E-state index in [0.29, 0.717) is 12.2 Å². The van der Waals surface area contributed by atoms with Crippen LogP contribution in [0, 0.1) is 0 Å². The van der Waals surface area contributed by atoms with Crippen LogP contribution in [0.5, 0.6) is 0 Å². The second kappa shape index (κ2) is 8.63. The van der Waals surface area contributed by atoms with Gasteiger partial charge in [0.15, 0.2) is 10.6 Å². The first-order valence-corrected chi connectivity index (χ1v) is 5.70. The van der Waals surface area contributed by atoms with E-state index in [2.05, 4.69) is 30.6 Å². The van der Waals surface area contributed by atoms with Crippen molar-refractivity contribution in [2.75, 3.05) is 12.8 Å². The largest absolute Gasteiger partial charge is 0.468 e. The molecule has 0 spiro atoms. The maximum atomic E-state index is 10.8. The summed E-state index contributed by atoms with van der Waals surface area (Å²) in [7, 11) is 1.25. The molecule has 0 fully saturated rings. The Balaban J connectivity index is 0.000000318. The van der Waals surface area contributed by atoms with Crippen LogP contribution < -0.4 is 5.73 Å². The molecule has 1 rings (SSSR count). The smallest absolute Gasteiger partial charge is 0.327 e. The van der Waals surface area contributed by atoms with Crippen molar-refractivity contribution < 1.29 is 14.3 Å². The maximum absolute atomic E-state index is 10.8. The number of nitrogens with zero attached hydrogens (tertiary/aromatic N) is 2. The number of carbonyl (C=O) groups is 2. The van der Waals surface area contributed by atoms with Gasteiger partial charge < -0.3 is 10.5 Å². The molecule has 0 aromatic carbocycles. The molecule has 1 aromatic heterocycles. The van der Waals surface area contributed by atoms with Crippen molar-refractivity contribution in [3.8, 4) is 0 Å². The molecule has 1 heterocycles. The summed E-state index contributed by atoms with van der Waals surface area (Å²) < 4.78 is 4.33. The molecule has 1 aromatic rings. The predicted octanol–water partition coefficient (Wildman–Crippen LogP) is 0.961. The monoisotopic (exact) mass is 303 g/mol. The van der Waals surface area contributed by atoms with E-state index in [1.165, 1.54) is 13.3 Å². The molecule has 0 saturated heterocycles. The second-order valence-electron chi connectivity index (χ2n) is 2.84. The normalized spacial score (nSPS) is 10.8. The highest BCUT2D eigenvalue weighted by atomic mass is 79.9. The number of esters is 1. The molecule has 17 heavy (non-hydrogen) atoms. The van der Waals surface area contributed by atoms with Crippen LogP contribution in [-0.4, -0.2) is 33.7 Å². The molecule has 7 heteroatoms. The molecular weight excluding hydrogens is 290 g/mol.